The molecule has 5 nitrogen and oxygen atoms in total. The maximum absolute atomic E-state index is 13.6. The highest BCUT2D eigenvalue weighted by molar-refractivity contribution is 6.08. The van der Waals surface area contributed by atoms with Crippen LogP contribution in [0.1, 0.15) is 21.5 Å². The fourth-order valence-corrected chi connectivity index (χ4v) is 4.28. The van der Waals surface area contributed by atoms with E-state index in [1.165, 1.54) is 0 Å². The van der Waals surface area contributed by atoms with E-state index in [0.717, 1.165) is 45.2 Å². The van der Waals surface area contributed by atoms with E-state index >= 15 is 0 Å². The van der Waals surface area contributed by atoms with Crippen molar-refractivity contribution in [2.45, 2.75) is 20.5 Å². The molecule has 0 bridgehead atoms. The standard InChI is InChI=1S/C26H23N3O2/c1-17-12-18(2)14-20(13-17)26(30)29-16-28-24(22-6-4-5-7-23(22)29)15-27-25(28)19-8-10-21(31-3)11-9-19/h4-15H,16H2,1-3H3. The highest BCUT2D eigenvalue weighted by atomic mass is 16.5. The van der Waals surface area contributed by atoms with Crippen molar-refractivity contribution in [2.24, 2.45) is 0 Å². The van der Waals surface area contributed by atoms with Crippen LogP contribution in [-0.4, -0.2) is 22.6 Å². The number of imidazole rings is 1. The second-order valence-electron chi connectivity index (χ2n) is 7.89. The summed E-state index contributed by atoms with van der Waals surface area (Å²) in [5, 5.41) is 0. The lowest BCUT2D eigenvalue weighted by Gasteiger charge is -2.32. The molecule has 1 aliphatic rings. The Labute approximate surface area is 181 Å². The number of rotatable bonds is 3. The minimum absolute atomic E-state index is 0.0146. The first-order valence-corrected chi connectivity index (χ1v) is 10.2. The molecule has 154 valence electrons. The van der Waals surface area contributed by atoms with Crippen LogP contribution in [0.5, 0.6) is 5.75 Å². The van der Waals surface area contributed by atoms with E-state index in [-0.39, 0.29) is 5.91 Å². The minimum Gasteiger partial charge on any atom is -0.497 e. The summed E-state index contributed by atoms with van der Waals surface area (Å²) in [5.74, 6) is 1.61. The average molecular weight is 409 g/mol. The smallest absolute Gasteiger partial charge is 0.259 e. The summed E-state index contributed by atoms with van der Waals surface area (Å²) in [4.78, 5) is 20.1. The first-order chi connectivity index (χ1) is 15.0. The number of benzene rings is 3. The van der Waals surface area contributed by atoms with Gasteiger partial charge in [-0.2, -0.15) is 0 Å². The monoisotopic (exact) mass is 409 g/mol. The number of hydrogen-bond donors (Lipinski definition) is 0. The van der Waals surface area contributed by atoms with Gasteiger partial charge in [0.15, 0.2) is 0 Å². The van der Waals surface area contributed by atoms with Crippen molar-refractivity contribution < 1.29 is 9.53 Å². The van der Waals surface area contributed by atoms with E-state index in [2.05, 4.69) is 10.6 Å². The van der Waals surface area contributed by atoms with Gasteiger partial charge in [0.05, 0.1) is 24.7 Å². The van der Waals surface area contributed by atoms with Crippen LogP contribution in [0, 0.1) is 13.8 Å². The predicted octanol–water partition coefficient (Wildman–Crippen LogP) is 5.46. The van der Waals surface area contributed by atoms with Gasteiger partial charge in [-0.1, -0.05) is 35.4 Å². The number of fused-ring (bicyclic) bond motifs is 3. The fourth-order valence-electron chi connectivity index (χ4n) is 4.28. The molecule has 3 aromatic carbocycles. The molecule has 2 heterocycles. The Hall–Kier alpha value is -3.86. The Morgan fingerprint density at radius 3 is 2.39 bits per heavy atom. The van der Waals surface area contributed by atoms with Gasteiger partial charge in [-0.25, -0.2) is 4.98 Å². The lowest BCUT2D eigenvalue weighted by Crippen LogP contribution is -2.36. The third-order valence-corrected chi connectivity index (χ3v) is 5.67. The molecule has 0 saturated carbocycles. The highest BCUT2D eigenvalue weighted by Gasteiger charge is 2.29. The summed E-state index contributed by atoms with van der Waals surface area (Å²) in [6.07, 6.45) is 1.89. The van der Waals surface area contributed by atoms with Crippen LogP contribution in [-0.2, 0) is 6.67 Å². The first kappa shape index (κ1) is 19.1. The summed E-state index contributed by atoms with van der Waals surface area (Å²) in [7, 11) is 1.65. The summed E-state index contributed by atoms with van der Waals surface area (Å²) < 4.78 is 7.38. The molecule has 0 radical (unpaired) electrons. The molecule has 5 heteroatoms. The van der Waals surface area contributed by atoms with Gasteiger partial charge in [0.25, 0.3) is 5.91 Å². The largest absolute Gasteiger partial charge is 0.497 e. The highest BCUT2D eigenvalue weighted by Crippen LogP contribution is 2.39. The minimum atomic E-state index is -0.0146. The van der Waals surface area contributed by atoms with E-state index in [9.17, 15) is 4.79 Å². The van der Waals surface area contributed by atoms with Gasteiger partial charge in [-0.05, 0) is 56.3 Å². The van der Waals surface area contributed by atoms with E-state index in [4.69, 9.17) is 9.72 Å². The molecule has 5 rings (SSSR count). The Balaban J connectivity index is 1.62. The third-order valence-electron chi connectivity index (χ3n) is 5.67. The van der Waals surface area contributed by atoms with Crippen LogP contribution in [0.4, 0.5) is 5.69 Å². The number of para-hydroxylation sites is 1. The topological polar surface area (TPSA) is 47.4 Å². The molecule has 4 aromatic rings. The lowest BCUT2D eigenvalue weighted by molar-refractivity contribution is 0.0979. The predicted molar refractivity (Wildman–Crippen MR) is 122 cm³/mol. The normalized spacial score (nSPS) is 12.3. The Morgan fingerprint density at radius 1 is 0.968 bits per heavy atom. The van der Waals surface area contributed by atoms with E-state index in [0.29, 0.717) is 12.2 Å². The molecule has 0 saturated heterocycles. The van der Waals surface area contributed by atoms with Crippen LogP contribution >= 0.6 is 0 Å². The summed E-state index contributed by atoms with van der Waals surface area (Å²) in [5.41, 5.74) is 6.74. The van der Waals surface area contributed by atoms with Crippen molar-refractivity contribution in [2.75, 3.05) is 12.0 Å². The van der Waals surface area contributed by atoms with Crippen molar-refractivity contribution in [3.63, 3.8) is 0 Å². The van der Waals surface area contributed by atoms with Crippen molar-refractivity contribution in [1.82, 2.24) is 9.55 Å². The Morgan fingerprint density at radius 2 is 1.68 bits per heavy atom. The van der Waals surface area contributed by atoms with Crippen LogP contribution < -0.4 is 9.64 Å². The molecule has 0 spiro atoms. The molecule has 0 N–H and O–H groups in total. The maximum Gasteiger partial charge on any atom is 0.259 e. The number of nitrogens with zero attached hydrogens (tertiary/aromatic N) is 3. The number of aryl methyl sites for hydroxylation is 2. The van der Waals surface area contributed by atoms with Gasteiger partial charge in [-0.15, -0.1) is 0 Å². The van der Waals surface area contributed by atoms with Crippen molar-refractivity contribution in [3.05, 3.63) is 89.6 Å². The second-order valence-corrected chi connectivity index (χ2v) is 7.89. The quantitative estimate of drug-likeness (QED) is 0.451. The molecule has 1 aliphatic heterocycles. The Kier molecular flexibility index (Phi) is 4.59. The van der Waals surface area contributed by atoms with Crippen LogP contribution in [0.25, 0.3) is 22.6 Å². The number of ether oxygens (including phenoxy) is 1. The van der Waals surface area contributed by atoms with Crippen LogP contribution in [0.3, 0.4) is 0 Å². The zero-order valence-electron chi connectivity index (χ0n) is 17.8. The van der Waals surface area contributed by atoms with Crippen LogP contribution in [0.15, 0.2) is 72.9 Å². The number of amides is 1. The second kappa shape index (κ2) is 7.43. The zero-order valence-corrected chi connectivity index (χ0v) is 17.8. The molecule has 0 atom stereocenters. The SMILES string of the molecule is COc1ccc(-c2ncc3n2CN(C(=O)c2cc(C)cc(C)c2)c2ccccc2-3)cc1. The number of anilines is 1. The fraction of sp³-hybridized carbons (Fsp3) is 0.154. The van der Waals surface area contributed by atoms with Gasteiger partial charge in [0.1, 0.15) is 18.2 Å². The summed E-state index contributed by atoms with van der Waals surface area (Å²) >= 11 is 0. The molecule has 1 amide bonds. The van der Waals surface area contributed by atoms with Gasteiger partial charge in [0, 0.05) is 16.7 Å². The van der Waals surface area contributed by atoms with E-state index in [1.807, 2.05) is 85.6 Å². The summed E-state index contributed by atoms with van der Waals surface area (Å²) in [6.45, 7) is 4.44. The van der Waals surface area contributed by atoms with Crippen molar-refractivity contribution >= 4 is 11.6 Å². The van der Waals surface area contributed by atoms with Gasteiger partial charge >= 0.3 is 0 Å². The third kappa shape index (κ3) is 3.28. The molecular weight excluding hydrogens is 386 g/mol. The van der Waals surface area contributed by atoms with E-state index < -0.39 is 0 Å². The molecule has 1 aromatic heterocycles. The lowest BCUT2D eigenvalue weighted by atomic mass is 10.0. The van der Waals surface area contributed by atoms with Gasteiger partial charge in [0.2, 0.25) is 0 Å². The van der Waals surface area contributed by atoms with Crippen LogP contribution in [0.2, 0.25) is 0 Å². The number of methoxy groups -OCH3 is 1. The number of hydrogen-bond acceptors (Lipinski definition) is 3. The zero-order chi connectivity index (χ0) is 21.5. The van der Waals surface area contributed by atoms with Gasteiger partial charge < -0.3 is 9.30 Å². The van der Waals surface area contributed by atoms with E-state index in [1.54, 1.807) is 7.11 Å². The summed E-state index contributed by atoms with van der Waals surface area (Å²) in [6, 6.07) is 21.8. The molecule has 0 aliphatic carbocycles. The number of carbonyl (C=O) groups excluding carboxylic acids is 1. The molecule has 0 unspecified atom stereocenters. The first-order valence-electron chi connectivity index (χ1n) is 10.2. The van der Waals surface area contributed by atoms with Crippen molar-refractivity contribution in [1.29, 1.82) is 0 Å². The molecular formula is C26H23N3O2. The maximum atomic E-state index is 13.6. The molecule has 31 heavy (non-hydrogen) atoms. The number of aromatic nitrogens is 2. The molecule has 0 fully saturated rings. The number of carbonyl (C=O) groups is 1. The Bertz CT molecular complexity index is 1270. The van der Waals surface area contributed by atoms with Crippen molar-refractivity contribution in [3.8, 4) is 28.4 Å². The van der Waals surface area contributed by atoms with Gasteiger partial charge in [-0.3, -0.25) is 9.69 Å². The average Bonchev–Trinajstić information content (AvgIpc) is 3.21.